The second-order valence-electron chi connectivity index (χ2n) is 13.5. The van der Waals surface area contributed by atoms with Crippen LogP contribution in [0.2, 0.25) is 0 Å². The number of hydrogen-bond acceptors (Lipinski definition) is 5. The van der Waals surface area contributed by atoms with Gasteiger partial charge >= 0.3 is 6.09 Å². The van der Waals surface area contributed by atoms with Crippen LogP contribution in [0.5, 0.6) is 0 Å². The maximum absolute atomic E-state index is 12.4. The van der Waals surface area contributed by atoms with E-state index < -0.39 is 0 Å². The first-order chi connectivity index (χ1) is 20.3. The van der Waals surface area contributed by atoms with Crippen molar-refractivity contribution in [3.63, 3.8) is 0 Å². The van der Waals surface area contributed by atoms with Gasteiger partial charge in [0.25, 0.3) is 0 Å². The maximum atomic E-state index is 12.4. The molecule has 6 nitrogen and oxygen atoms in total. The lowest BCUT2D eigenvalue weighted by Crippen LogP contribution is -2.65. The third-order valence-electron chi connectivity index (χ3n) is 10.2. The van der Waals surface area contributed by atoms with E-state index in [4.69, 9.17) is 9.72 Å². The third-order valence-corrected chi connectivity index (χ3v) is 10.2. The summed E-state index contributed by atoms with van der Waals surface area (Å²) >= 11 is 0. The number of ether oxygens (including phenoxy) is 1. The predicted molar refractivity (Wildman–Crippen MR) is 174 cm³/mol. The molecule has 228 valence electrons. The van der Waals surface area contributed by atoms with Crippen molar-refractivity contribution >= 4 is 22.7 Å². The summed E-state index contributed by atoms with van der Waals surface area (Å²) in [4.78, 5) is 17.4. The molecule has 3 atom stereocenters. The fourth-order valence-corrected chi connectivity index (χ4v) is 7.99. The van der Waals surface area contributed by atoms with Crippen LogP contribution in [0.4, 0.5) is 10.5 Å². The number of unbranched alkanes of at least 4 members (excludes halogenated alkanes) is 4. The molecule has 0 saturated heterocycles. The van der Waals surface area contributed by atoms with Crippen LogP contribution in [0.3, 0.4) is 0 Å². The number of aryl methyl sites for hydroxylation is 1. The Bertz CT molecular complexity index is 1330. The van der Waals surface area contributed by atoms with Gasteiger partial charge in [-0.2, -0.15) is 0 Å². The van der Waals surface area contributed by atoms with E-state index in [1.54, 1.807) is 0 Å². The van der Waals surface area contributed by atoms with Crippen LogP contribution in [0.15, 0.2) is 47.6 Å². The standard InChI is InChI=1S/C36H52N4O2/c1-6-28-29-22-25(2)23-36(28,40-34(41)42-5)24-32(35(29,3)4)37-20-14-8-7-9-15-21-38-33-26-16-10-12-18-30(26)39-31-19-13-11-17-27(31)33/h6,10,12,16,18,22,29,32,37H,7-9,11,13-15,17,19-21,23-24H2,1-5H3,(H,38,39)(H,40,41)/b28-6+/t29-,32-,36+/m1/s1. The summed E-state index contributed by atoms with van der Waals surface area (Å²) < 4.78 is 5.05. The fourth-order valence-electron chi connectivity index (χ4n) is 7.99. The summed E-state index contributed by atoms with van der Waals surface area (Å²) in [5, 5.41) is 12.3. The zero-order valence-electron chi connectivity index (χ0n) is 26.6. The molecule has 1 saturated carbocycles. The number of allylic oxidation sites excluding steroid dienone is 2. The molecule has 5 rings (SSSR count). The highest BCUT2D eigenvalue weighted by Gasteiger charge is 2.55. The molecule has 1 aromatic carbocycles. The van der Waals surface area contributed by atoms with Crippen LogP contribution in [0, 0.1) is 11.3 Å². The van der Waals surface area contributed by atoms with Crippen molar-refractivity contribution in [1.82, 2.24) is 15.6 Å². The first kappa shape index (κ1) is 30.6. The fraction of sp³-hybridized carbons (Fsp3) is 0.611. The number of carbonyl (C=O) groups excluding carboxylic acids is 1. The van der Waals surface area contributed by atoms with Gasteiger partial charge in [-0.15, -0.1) is 0 Å². The van der Waals surface area contributed by atoms with Gasteiger partial charge in [-0.05, 0) is 94.4 Å². The summed E-state index contributed by atoms with van der Waals surface area (Å²) in [6, 6.07) is 8.91. The van der Waals surface area contributed by atoms with Gasteiger partial charge in [0.2, 0.25) is 0 Å². The van der Waals surface area contributed by atoms with Crippen molar-refractivity contribution in [2.24, 2.45) is 11.3 Å². The number of amides is 1. The van der Waals surface area contributed by atoms with E-state index in [1.165, 1.54) is 85.5 Å². The molecule has 3 aliphatic carbocycles. The lowest BCUT2D eigenvalue weighted by Gasteiger charge is -2.57. The molecule has 1 fully saturated rings. The van der Waals surface area contributed by atoms with Gasteiger partial charge in [0, 0.05) is 35.3 Å². The first-order valence-corrected chi connectivity index (χ1v) is 16.4. The predicted octanol–water partition coefficient (Wildman–Crippen LogP) is 7.87. The molecule has 1 amide bonds. The smallest absolute Gasteiger partial charge is 0.407 e. The molecule has 2 aromatic rings. The van der Waals surface area contributed by atoms with Crippen molar-refractivity contribution in [2.75, 3.05) is 25.5 Å². The SMILES string of the molecule is C/C=C1\[C@H]2C=C(C)C[C@]1(NC(=O)OC)C[C@@H](NCCCCCCCNc1c3c(nc4ccccc14)CCCC3)C2(C)C. The minimum Gasteiger partial charge on any atom is -0.453 e. The quantitative estimate of drug-likeness (QED) is 0.189. The van der Waals surface area contributed by atoms with Gasteiger partial charge in [-0.25, -0.2) is 4.79 Å². The highest BCUT2D eigenvalue weighted by molar-refractivity contribution is 5.93. The Hall–Kier alpha value is -2.86. The van der Waals surface area contributed by atoms with E-state index in [9.17, 15) is 4.79 Å². The number of fused-ring (bicyclic) bond motifs is 4. The lowest BCUT2D eigenvalue weighted by atomic mass is 9.53. The van der Waals surface area contributed by atoms with Crippen LogP contribution in [0.25, 0.3) is 10.9 Å². The highest BCUT2D eigenvalue weighted by Crippen LogP contribution is 2.54. The summed E-state index contributed by atoms with van der Waals surface area (Å²) in [7, 11) is 1.46. The van der Waals surface area contributed by atoms with Crippen molar-refractivity contribution in [3.05, 3.63) is 58.8 Å². The molecule has 0 radical (unpaired) electrons. The number of hydrogen-bond donors (Lipinski definition) is 3. The second kappa shape index (κ2) is 13.2. The normalized spacial score (nSPS) is 25.5. The molecule has 1 aromatic heterocycles. The monoisotopic (exact) mass is 572 g/mol. The summed E-state index contributed by atoms with van der Waals surface area (Å²) in [5.74, 6) is 0.301. The Kier molecular flexibility index (Phi) is 9.61. The highest BCUT2D eigenvalue weighted by atomic mass is 16.5. The van der Waals surface area contributed by atoms with Gasteiger partial charge in [0.05, 0.1) is 18.2 Å². The molecule has 1 heterocycles. The molecule has 3 aliphatic rings. The Balaban J connectivity index is 1.09. The van der Waals surface area contributed by atoms with E-state index >= 15 is 0 Å². The van der Waals surface area contributed by atoms with Crippen molar-refractivity contribution in [1.29, 1.82) is 0 Å². The summed E-state index contributed by atoms with van der Waals surface area (Å²) in [6.07, 6.45) is 16.9. The second-order valence-corrected chi connectivity index (χ2v) is 13.5. The number of nitrogens with one attached hydrogen (secondary N) is 3. The molecular formula is C36H52N4O2. The third kappa shape index (κ3) is 6.24. The Morgan fingerprint density at radius 3 is 2.60 bits per heavy atom. The molecular weight excluding hydrogens is 520 g/mol. The van der Waals surface area contributed by atoms with Crippen LogP contribution in [0.1, 0.15) is 96.7 Å². The van der Waals surface area contributed by atoms with E-state index in [2.05, 4.69) is 80.1 Å². The van der Waals surface area contributed by atoms with Crippen LogP contribution in [-0.2, 0) is 17.6 Å². The number of nitrogens with zero attached hydrogens (tertiary/aromatic N) is 1. The van der Waals surface area contributed by atoms with Gasteiger partial charge in [0.15, 0.2) is 0 Å². The number of benzene rings is 1. The number of methoxy groups -OCH3 is 1. The summed E-state index contributed by atoms with van der Waals surface area (Å²) in [6.45, 7) is 11.1. The Morgan fingerprint density at radius 2 is 1.81 bits per heavy atom. The van der Waals surface area contributed by atoms with E-state index in [-0.39, 0.29) is 17.0 Å². The molecule has 42 heavy (non-hydrogen) atoms. The van der Waals surface area contributed by atoms with Crippen molar-refractivity contribution in [3.8, 4) is 0 Å². The molecule has 0 unspecified atom stereocenters. The first-order valence-electron chi connectivity index (χ1n) is 16.4. The number of rotatable bonds is 11. The van der Waals surface area contributed by atoms with Gasteiger partial charge in [-0.3, -0.25) is 4.98 Å². The van der Waals surface area contributed by atoms with Gasteiger partial charge < -0.3 is 20.7 Å². The average Bonchev–Trinajstić information content (AvgIpc) is 2.98. The molecule has 2 bridgehead atoms. The van der Waals surface area contributed by atoms with Crippen molar-refractivity contribution in [2.45, 2.75) is 110 Å². The molecule has 3 N–H and O–H groups in total. The van der Waals surface area contributed by atoms with E-state index in [1.807, 2.05) is 0 Å². The number of anilines is 1. The maximum Gasteiger partial charge on any atom is 0.407 e. The number of aromatic nitrogens is 1. The Morgan fingerprint density at radius 1 is 1.07 bits per heavy atom. The average molecular weight is 573 g/mol. The van der Waals surface area contributed by atoms with E-state index in [0.717, 1.165) is 44.3 Å². The minimum atomic E-state index is -0.370. The van der Waals surface area contributed by atoms with Gasteiger partial charge in [0.1, 0.15) is 0 Å². The molecule has 6 heteroatoms. The Labute approximate surface area is 253 Å². The topological polar surface area (TPSA) is 75.3 Å². The van der Waals surface area contributed by atoms with Crippen LogP contribution >= 0.6 is 0 Å². The van der Waals surface area contributed by atoms with E-state index in [0.29, 0.717) is 12.0 Å². The number of carbonyl (C=O) groups is 1. The number of para-hydroxylation sites is 1. The lowest BCUT2D eigenvalue weighted by molar-refractivity contribution is 0.0831. The zero-order valence-corrected chi connectivity index (χ0v) is 26.6. The minimum absolute atomic E-state index is 0.0623. The number of pyridine rings is 1. The number of alkyl carbamates (subject to hydrolysis) is 1. The van der Waals surface area contributed by atoms with Crippen LogP contribution < -0.4 is 16.0 Å². The van der Waals surface area contributed by atoms with Crippen molar-refractivity contribution < 1.29 is 9.53 Å². The van der Waals surface area contributed by atoms with Gasteiger partial charge in [-0.1, -0.05) is 69.0 Å². The molecule has 0 spiro atoms. The van der Waals surface area contributed by atoms with Crippen LogP contribution in [-0.4, -0.2) is 42.9 Å². The molecule has 0 aliphatic heterocycles. The zero-order chi connectivity index (χ0) is 29.7. The largest absolute Gasteiger partial charge is 0.453 e. The summed E-state index contributed by atoms with van der Waals surface area (Å²) in [5.41, 5.74) is 7.59.